The Morgan fingerprint density at radius 3 is 3.06 bits per heavy atom. The summed E-state index contributed by atoms with van der Waals surface area (Å²) in [5.74, 6) is -0.228. The average Bonchev–Trinajstić information content (AvgIpc) is 3.00. The minimum absolute atomic E-state index is 0.113. The molecule has 0 aromatic carbocycles. The molecule has 0 spiro atoms. The summed E-state index contributed by atoms with van der Waals surface area (Å²) in [6.45, 7) is 6.71. The minimum atomic E-state index is -0.691. The van der Waals surface area contributed by atoms with E-state index in [9.17, 15) is 4.79 Å². The van der Waals surface area contributed by atoms with Gasteiger partial charge < -0.3 is 9.47 Å². The molecule has 0 saturated carbocycles. The molecule has 2 rings (SSSR count). The third-order valence-corrected chi connectivity index (χ3v) is 4.09. The SMILES string of the molecule is CCOC(=O)C(C)(C)c1csc(C2CCCO2)n1. The molecule has 1 aromatic rings. The summed E-state index contributed by atoms with van der Waals surface area (Å²) in [5.41, 5.74) is 0.0834. The Hall–Kier alpha value is -0.940. The number of rotatable bonds is 4. The second-order valence-electron chi connectivity index (χ2n) is 4.92. The molecule has 18 heavy (non-hydrogen) atoms. The van der Waals surface area contributed by atoms with Crippen LogP contribution in [0.4, 0.5) is 0 Å². The molecule has 100 valence electrons. The van der Waals surface area contributed by atoms with E-state index in [0.717, 1.165) is 30.2 Å². The molecule has 1 saturated heterocycles. The van der Waals surface area contributed by atoms with Crippen molar-refractivity contribution < 1.29 is 14.3 Å². The number of aromatic nitrogens is 1. The lowest BCUT2D eigenvalue weighted by Gasteiger charge is -2.19. The van der Waals surface area contributed by atoms with Crippen LogP contribution in [0.1, 0.15) is 50.4 Å². The smallest absolute Gasteiger partial charge is 0.317 e. The maximum atomic E-state index is 11.9. The second kappa shape index (κ2) is 5.36. The van der Waals surface area contributed by atoms with E-state index in [1.165, 1.54) is 0 Å². The van der Waals surface area contributed by atoms with Crippen LogP contribution in [0.15, 0.2) is 5.38 Å². The quantitative estimate of drug-likeness (QED) is 0.789. The summed E-state index contributed by atoms with van der Waals surface area (Å²) in [7, 11) is 0. The highest BCUT2D eigenvalue weighted by Crippen LogP contribution is 2.34. The van der Waals surface area contributed by atoms with Crippen molar-refractivity contribution in [3.8, 4) is 0 Å². The van der Waals surface area contributed by atoms with Crippen molar-refractivity contribution in [1.82, 2.24) is 4.98 Å². The van der Waals surface area contributed by atoms with Gasteiger partial charge in [-0.05, 0) is 33.6 Å². The molecule has 1 aromatic heterocycles. The van der Waals surface area contributed by atoms with Gasteiger partial charge in [0, 0.05) is 12.0 Å². The Labute approximate surface area is 111 Å². The fourth-order valence-electron chi connectivity index (χ4n) is 1.91. The summed E-state index contributed by atoms with van der Waals surface area (Å²) in [6.07, 6.45) is 2.22. The summed E-state index contributed by atoms with van der Waals surface area (Å²) >= 11 is 1.57. The van der Waals surface area contributed by atoms with E-state index in [4.69, 9.17) is 9.47 Å². The van der Waals surface area contributed by atoms with E-state index in [2.05, 4.69) is 4.98 Å². The monoisotopic (exact) mass is 269 g/mol. The van der Waals surface area contributed by atoms with Gasteiger partial charge >= 0.3 is 5.97 Å². The van der Waals surface area contributed by atoms with Crippen LogP contribution >= 0.6 is 11.3 Å². The standard InChI is InChI=1S/C13H19NO3S/c1-4-16-12(15)13(2,3)10-8-18-11(14-10)9-6-5-7-17-9/h8-9H,4-7H2,1-3H3. The largest absolute Gasteiger partial charge is 0.465 e. The Morgan fingerprint density at radius 2 is 2.44 bits per heavy atom. The van der Waals surface area contributed by atoms with E-state index < -0.39 is 5.41 Å². The normalized spacial score (nSPS) is 20.1. The van der Waals surface area contributed by atoms with Crippen molar-refractivity contribution in [3.05, 3.63) is 16.1 Å². The van der Waals surface area contributed by atoms with Gasteiger partial charge in [-0.25, -0.2) is 4.98 Å². The number of hydrogen-bond acceptors (Lipinski definition) is 5. The molecule has 0 radical (unpaired) electrons. The van der Waals surface area contributed by atoms with Gasteiger partial charge in [0.15, 0.2) is 0 Å². The van der Waals surface area contributed by atoms with Gasteiger partial charge in [0.25, 0.3) is 0 Å². The lowest BCUT2D eigenvalue weighted by Crippen LogP contribution is -2.31. The average molecular weight is 269 g/mol. The number of nitrogens with zero attached hydrogens (tertiary/aromatic N) is 1. The van der Waals surface area contributed by atoms with E-state index in [1.54, 1.807) is 11.3 Å². The first-order valence-corrected chi connectivity index (χ1v) is 7.18. The summed E-state index contributed by atoms with van der Waals surface area (Å²) < 4.78 is 10.7. The molecule has 5 heteroatoms. The Morgan fingerprint density at radius 1 is 1.67 bits per heavy atom. The molecule has 2 heterocycles. The van der Waals surface area contributed by atoms with Crippen LogP contribution in [0, 0.1) is 0 Å². The zero-order valence-electron chi connectivity index (χ0n) is 11.1. The maximum Gasteiger partial charge on any atom is 0.317 e. The first-order chi connectivity index (χ1) is 8.55. The van der Waals surface area contributed by atoms with Gasteiger partial charge in [-0.1, -0.05) is 0 Å². The zero-order valence-corrected chi connectivity index (χ0v) is 11.9. The maximum absolute atomic E-state index is 11.9. The molecule has 0 aliphatic carbocycles. The van der Waals surface area contributed by atoms with E-state index >= 15 is 0 Å². The third-order valence-electron chi connectivity index (χ3n) is 3.15. The molecule has 1 aliphatic heterocycles. The van der Waals surface area contributed by atoms with Gasteiger partial charge in [0.1, 0.15) is 16.5 Å². The first kappa shape index (κ1) is 13.5. The summed E-state index contributed by atoms with van der Waals surface area (Å²) in [6, 6.07) is 0. The second-order valence-corrected chi connectivity index (χ2v) is 5.81. The van der Waals surface area contributed by atoms with Crippen LogP contribution in [0.3, 0.4) is 0 Å². The Balaban J connectivity index is 2.15. The molecular formula is C13H19NO3S. The minimum Gasteiger partial charge on any atom is -0.465 e. The number of ether oxygens (including phenoxy) is 2. The van der Waals surface area contributed by atoms with Crippen LogP contribution < -0.4 is 0 Å². The molecule has 4 nitrogen and oxygen atoms in total. The number of esters is 1. The van der Waals surface area contributed by atoms with Gasteiger partial charge in [-0.15, -0.1) is 11.3 Å². The number of carbonyl (C=O) groups excluding carboxylic acids is 1. The lowest BCUT2D eigenvalue weighted by molar-refractivity contribution is -0.148. The van der Waals surface area contributed by atoms with Crippen molar-refractivity contribution in [2.45, 2.75) is 45.1 Å². The molecule has 1 aliphatic rings. The van der Waals surface area contributed by atoms with Crippen LogP contribution in [-0.4, -0.2) is 24.2 Å². The fraction of sp³-hybridized carbons (Fsp3) is 0.692. The lowest BCUT2D eigenvalue weighted by atomic mass is 9.90. The Bertz CT molecular complexity index is 422. The highest BCUT2D eigenvalue weighted by atomic mass is 32.1. The molecule has 1 fully saturated rings. The molecule has 1 unspecified atom stereocenters. The summed E-state index contributed by atoms with van der Waals surface area (Å²) in [5, 5.41) is 2.91. The van der Waals surface area contributed by atoms with Crippen molar-refractivity contribution in [3.63, 3.8) is 0 Å². The van der Waals surface area contributed by atoms with Crippen LogP contribution in [0.2, 0.25) is 0 Å². The van der Waals surface area contributed by atoms with Gasteiger partial charge in [-0.3, -0.25) is 4.79 Å². The Kier molecular flexibility index (Phi) is 4.02. The molecule has 0 N–H and O–H groups in total. The predicted octanol–water partition coefficient (Wildman–Crippen LogP) is 2.84. The van der Waals surface area contributed by atoms with Gasteiger partial charge in [-0.2, -0.15) is 0 Å². The zero-order chi connectivity index (χ0) is 13.2. The first-order valence-electron chi connectivity index (χ1n) is 6.30. The number of carbonyl (C=O) groups is 1. The summed E-state index contributed by atoms with van der Waals surface area (Å²) in [4.78, 5) is 16.5. The molecule has 1 atom stereocenters. The topological polar surface area (TPSA) is 48.4 Å². The van der Waals surface area contributed by atoms with Crippen molar-refractivity contribution in [2.75, 3.05) is 13.2 Å². The van der Waals surface area contributed by atoms with Gasteiger partial charge in [0.2, 0.25) is 0 Å². The third kappa shape index (κ3) is 2.57. The molecule has 0 bridgehead atoms. The number of thiazole rings is 1. The van der Waals surface area contributed by atoms with Crippen molar-refractivity contribution in [1.29, 1.82) is 0 Å². The van der Waals surface area contributed by atoms with Crippen LogP contribution in [0.5, 0.6) is 0 Å². The van der Waals surface area contributed by atoms with Crippen molar-refractivity contribution in [2.24, 2.45) is 0 Å². The highest BCUT2D eigenvalue weighted by molar-refractivity contribution is 7.09. The van der Waals surface area contributed by atoms with Crippen LogP contribution in [0.25, 0.3) is 0 Å². The predicted molar refractivity (Wildman–Crippen MR) is 69.7 cm³/mol. The molecule has 0 amide bonds. The van der Waals surface area contributed by atoms with Gasteiger partial charge in [0.05, 0.1) is 12.3 Å². The van der Waals surface area contributed by atoms with E-state index in [0.29, 0.717) is 6.61 Å². The van der Waals surface area contributed by atoms with Crippen molar-refractivity contribution >= 4 is 17.3 Å². The number of hydrogen-bond donors (Lipinski definition) is 0. The van der Waals surface area contributed by atoms with E-state index in [-0.39, 0.29) is 12.1 Å². The molecular weight excluding hydrogens is 250 g/mol. The van der Waals surface area contributed by atoms with E-state index in [1.807, 2.05) is 26.2 Å². The fourth-order valence-corrected chi connectivity index (χ4v) is 2.98. The van der Waals surface area contributed by atoms with Crippen LogP contribution in [-0.2, 0) is 19.7 Å². The highest BCUT2D eigenvalue weighted by Gasteiger charge is 2.34.